The summed E-state index contributed by atoms with van der Waals surface area (Å²) in [6.45, 7) is 1.52. The number of halogens is 3. The summed E-state index contributed by atoms with van der Waals surface area (Å²) < 4.78 is 40.6. The zero-order valence-electron chi connectivity index (χ0n) is 9.45. The first kappa shape index (κ1) is 14.7. The fourth-order valence-corrected chi connectivity index (χ4v) is 4.50. The van der Waals surface area contributed by atoms with Crippen LogP contribution < -0.4 is 4.72 Å². The Kier molecular flexibility index (Phi) is 4.14. The van der Waals surface area contributed by atoms with E-state index < -0.39 is 15.8 Å². The van der Waals surface area contributed by atoms with Crippen molar-refractivity contribution >= 4 is 54.6 Å². The van der Waals surface area contributed by atoms with Gasteiger partial charge in [0.25, 0.3) is 10.0 Å². The summed E-state index contributed by atoms with van der Waals surface area (Å²) in [5, 5.41) is 0. The van der Waals surface area contributed by atoms with Gasteiger partial charge in [-0.25, -0.2) is 17.8 Å². The highest BCUT2D eigenvalue weighted by atomic mass is 79.9. The molecule has 19 heavy (non-hydrogen) atoms. The Bertz CT molecular complexity index is 733. The predicted octanol–water partition coefficient (Wildman–Crippen LogP) is 3.81. The van der Waals surface area contributed by atoms with Crippen LogP contribution in [-0.4, -0.2) is 13.4 Å². The maximum absolute atomic E-state index is 13.6. The van der Waals surface area contributed by atoms with Crippen molar-refractivity contribution in [2.45, 2.75) is 11.1 Å². The quantitative estimate of drug-likeness (QED) is 0.874. The zero-order valence-corrected chi connectivity index (χ0v) is 13.4. The highest BCUT2D eigenvalue weighted by Gasteiger charge is 2.22. The van der Waals surface area contributed by atoms with Crippen LogP contribution in [0.4, 0.5) is 10.1 Å². The van der Waals surface area contributed by atoms with Crippen molar-refractivity contribution in [2.75, 3.05) is 4.72 Å². The Morgan fingerprint density at radius 1 is 1.47 bits per heavy atom. The van der Waals surface area contributed by atoms with Crippen LogP contribution >= 0.6 is 38.9 Å². The van der Waals surface area contributed by atoms with Crippen molar-refractivity contribution in [3.63, 3.8) is 0 Å². The lowest BCUT2D eigenvalue weighted by Gasteiger charge is -2.07. The van der Waals surface area contributed by atoms with Crippen LogP contribution in [-0.2, 0) is 10.0 Å². The molecule has 0 fully saturated rings. The van der Waals surface area contributed by atoms with Gasteiger partial charge in [0.1, 0.15) is 5.82 Å². The Labute approximate surface area is 126 Å². The summed E-state index contributed by atoms with van der Waals surface area (Å²) in [5.41, 5.74) is 0.146. The standard InChI is InChI=1S/C10H7BrClFN2O2S2/c1-5-9(18-10(12)14-5)19(16,17)15-8-3-2-6(11)4-7(8)13/h2-4,15H,1H3. The van der Waals surface area contributed by atoms with Gasteiger partial charge in [-0.3, -0.25) is 4.72 Å². The minimum Gasteiger partial charge on any atom is -0.276 e. The molecule has 102 valence electrons. The zero-order chi connectivity index (χ0) is 14.2. The Morgan fingerprint density at radius 2 is 2.16 bits per heavy atom. The van der Waals surface area contributed by atoms with E-state index in [1.807, 2.05) is 0 Å². The summed E-state index contributed by atoms with van der Waals surface area (Å²) in [6, 6.07) is 4.03. The summed E-state index contributed by atoms with van der Waals surface area (Å²) in [7, 11) is -3.89. The van der Waals surface area contributed by atoms with Crippen molar-refractivity contribution in [2.24, 2.45) is 0 Å². The highest BCUT2D eigenvalue weighted by molar-refractivity contribution is 9.10. The van der Waals surface area contributed by atoms with Gasteiger partial charge in [0.2, 0.25) is 0 Å². The van der Waals surface area contributed by atoms with Crippen molar-refractivity contribution in [1.82, 2.24) is 4.98 Å². The van der Waals surface area contributed by atoms with Crippen LogP contribution in [0, 0.1) is 12.7 Å². The maximum Gasteiger partial charge on any atom is 0.273 e. The van der Waals surface area contributed by atoms with Gasteiger partial charge >= 0.3 is 0 Å². The Morgan fingerprint density at radius 3 is 2.68 bits per heavy atom. The number of rotatable bonds is 3. The topological polar surface area (TPSA) is 59.1 Å². The Balaban J connectivity index is 2.39. The highest BCUT2D eigenvalue weighted by Crippen LogP contribution is 2.29. The maximum atomic E-state index is 13.6. The van der Waals surface area contributed by atoms with Gasteiger partial charge in [-0.05, 0) is 25.1 Å². The number of sulfonamides is 1. The molecule has 0 unspecified atom stereocenters. The number of nitrogens with zero attached hydrogens (tertiary/aromatic N) is 1. The van der Waals surface area contributed by atoms with E-state index in [-0.39, 0.29) is 20.1 Å². The molecule has 0 saturated heterocycles. The molecular formula is C10H7BrClFN2O2S2. The first-order valence-corrected chi connectivity index (χ1v) is 8.37. The normalized spacial score (nSPS) is 11.6. The average Bonchev–Trinajstić information content (AvgIpc) is 2.63. The van der Waals surface area contributed by atoms with Gasteiger partial charge in [-0.1, -0.05) is 38.9 Å². The van der Waals surface area contributed by atoms with Crippen molar-refractivity contribution in [3.8, 4) is 0 Å². The van der Waals surface area contributed by atoms with Gasteiger partial charge < -0.3 is 0 Å². The van der Waals surface area contributed by atoms with E-state index in [1.54, 1.807) is 0 Å². The van der Waals surface area contributed by atoms with Gasteiger partial charge in [0.15, 0.2) is 8.68 Å². The fourth-order valence-electron chi connectivity index (χ4n) is 1.36. The molecule has 0 spiro atoms. The molecule has 2 aromatic rings. The van der Waals surface area contributed by atoms with E-state index >= 15 is 0 Å². The fraction of sp³-hybridized carbons (Fsp3) is 0.100. The molecule has 1 N–H and O–H groups in total. The smallest absolute Gasteiger partial charge is 0.273 e. The second-order valence-electron chi connectivity index (χ2n) is 3.57. The number of benzene rings is 1. The number of aromatic nitrogens is 1. The molecule has 1 aromatic carbocycles. The summed E-state index contributed by atoms with van der Waals surface area (Å²) in [5.74, 6) is -0.675. The molecule has 1 aromatic heterocycles. The van der Waals surface area contributed by atoms with Crippen molar-refractivity contribution in [3.05, 3.63) is 38.6 Å². The van der Waals surface area contributed by atoms with E-state index in [9.17, 15) is 12.8 Å². The molecule has 0 aliphatic rings. The van der Waals surface area contributed by atoms with E-state index in [2.05, 4.69) is 25.6 Å². The van der Waals surface area contributed by atoms with Gasteiger partial charge in [-0.2, -0.15) is 0 Å². The van der Waals surface area contributed by atoms with Crippen LogP contribution in [0.3, 0.4) is 0 Å². The van der Waals surface area contributed by atoms with E-state index in [0.29, 0.717) is 4.47 Å². The number of nitrogens with one attached hydrogen (secondary N) is 1. The molecule has 0 amide bonds. The van der Waals surface area contributed by atoms with Gasteiger partial charge in [0.05, 0.1) is 11.4 Å². The third-order valence-corrected chi connectivity index (χ3v) is 5.88. The molecule has 0 aliphatic carbocycles. The molecule has 1 heterocycles. The minimum atomic E-state index is -3.89. The molecular weight excluding hydrogens is 379 g/mol. The van der Waals surface area contributed by atoms with E-state index in [1.165, 1.54) is 25.1 Å². The van der Waals surface area contributed by atoms with E-state index in [0.717, 1.165) is 11.3 Å². The lowest BCUT2D eigenvalue weighted by atomic mass is 10.3. The third-order valence-electron chi connectivity index (χ3n) is 2.15. The molecule has 2 rings (SSSR count). The monoisotopic (exact) mass is 384 g/mol. The molecule has 4 nitrogen and oxygen atoms in total. The Hall–Kier alpha value is -0.700. The number of thiazole rings is 1. The second kappa shape index (κ2) is 5.35. The molecule has 0 aliphatic heterocycles. The van der Waals surface area contributed by atoms with Crippen molar-refractivity contribution in [1.29, 1.82) is 0 Å². The van der Waals surface area contributed by atoms with Gasteiger partial charge in [-0.15, -0.1) is 0 Å². The lowest BCUT2D eigenvalue weighted by Crippen LogP contribution is -2.13. The minimum absolute atomic E-state index is 0.0279. The van der Waals surface area contributed by atoms with Crippen LogP contribution in [0.15, 0.2) is 26.9 Å². The van der Waals surface area contributed by atoms with Crippen LogP contribution in [0.2, 0.25) is 4.47 Å². The average molecular weight is 386 g/mol. The molecule has 0 atom stereocenters. The van der Waals surface area contributed by atoms with Crippen LogP contribution in [0.1, 0.15) is 5.69 Å². The third kappa shape index (κ3) is 3.25. The number of hydrogen-bond donors (Lipinski definition) is 1. The first-order chi connectivity index (χ1) is 8.79. The predicted molar refractivity (Wildman–Crippen MR) is 76.8 cm³/mol. The summed E-state index contributed by atoms with van der Waals surface area (Å²) in [6.07, 6.45) is 0. The first-order valence-electron chi connectivity index (χ1n) is 4.90. The van der Waals surface area contributed by atoms with Crippen molar-refractivity contribution < 1.29 is 12.8 Å². The SMILES string of the molecule is Cc1nc(Cl)sc1S(=O)(=O)Nc1ccc(Br)cc1F. The second-order valence-corrected chi connectivity index (χ2v) is 7.94. The molecule has 0 radical (unpaired) electrons. The van der Waals surface area contributed by atoms with Gasteiger partial charge in [0, 0.05) is 4.47 Å². The molecule has 0 saturated carbocycles. The van der Waals surface area contributed by atoms with E-state index in [4.69, 9.17) is 11.6 Å². The van der Waals surface area contributed by atoms with Crippen LogP contribution in [0.5, 0.6) is 0 Å². The number of anilines is 1. The lowest BCUT2D eigenvalue weighted by molar-refractivity contribution is 0.599. The number of aryl methyl sites for hydroxylation is 1. The summed E-state index contributed by atoms with van der Waals surface area (Å²) >= 11 is 9.58. The molecule has 9 heteroatoms. The number of hydrogen-bond acceptors (Lipinski definition) is 4. The summed E-state index contributed by atoms with van der Waals surface area (Å²) in [4.78, 5) is 3.82. The largest absolute Gasteiger partial charge is 0.276 e. The van der Waals surface area contributed by atoms with Crippen LogP contribution in [0.25, 0.3) is 0 Å². The molecule has 0 bridgehead atoms.